The van der Waals surface area contributed by atoms with E-state index in [-0.39, 0.29) is 0 Å². The summed E-state index contributed by atoms with van der Waals surface area (Å²) < 4.78 is 11.6. The number of esters is 1. The van der Waals surface area contributed by atoms with Gasteiger partial charge in [0.1, 0.15) is 0 Å². The molecule has 0 bridgehead atoms. The fraction of sp³-hybridized carbons (Fsp3) is 0.0800. The molecule has 0 saturated heterocycles. The Balaban J connectivity index is 1.45. The molecule has 4 rings (SSSR count). The molecule has 33 heavy (non-hydrogen) atoms. The number of nitrogens with zero attached hydrogens (tertiary/aromatic N) is 2. The normalized spacial score (nSPS) is 10.9. The first-order valence-corrected chi connectivity index (χ1v) is 11.6. The first-order chi connectivity index (χ1) is 16.0. The standard InChI is InChI=1S/C25H20BrN3O3S/c1-16-23(18-8-4-3-5-9-18)28-25(33-16)29-27-15-17-12-13-21(22(14-17)31-2)32-24(30)19-10-6-7-11-20(19)26/h3-15H,1-2H3,(H,28,29). The SMILES string of the molecule is COc1cc(C=NNc2nc(-c3ccccc3)c(C)s2)ccc1OC(=O)c1ccccc1Br. The van der Waals surface area contributed by atoms with Crippen molar-refractivity contribution in [2.75, 3.05) is 12.5 Å². The number of aryl methyl sites for hydroxylation is 1. The molecule has 1 N–H and O–H groups in total. The van der Waals surface area contributed by atoms with E-state index in [0.717, 1.165) is 21.7 Å². The van der Waals surface area contributed by atoms with Crippen molar-refractivity contribution in [1.82, 2.24) is 4.98 Å². The minimum atomic E-state index is -0.475. The lowest BCUT2D eigenvalue weighted by atomic mass is 10.1. The average molecular weight is 522 g/mol. The molecule has 0 aliphatic carbocycles. The van der Waals surface area contributed by atoms with E-state index in [1.54, 1.807) is 42.6 Å². The van der Waals surface area contributed by atoms with Crippen LogP contribution in [-0.2, 0) is 0 Å². The zero-order valence-electron chi connectivity index (χ0n) is 17.9. The summed E-state index contributed by atoms with van der Waals surface area (Å²) in [6, 6.07) is 22.3. The molecular formula is C25H20BrN3O3S. The largest absolute Gasteiger partial charge is 0.493 e. The summed E-state index contributed by atoms with van der Waals surface area (Å²) in [5.74, 6) is 0.277. The summed E-state index contributed by atoms with van der Waals surface area (Å²) >= 11 is 4.90. The number of aromatic nitrogens is 1. The average Bonchev–Trinajstić information content (AvgIpc) is 3.21. The third-order valence-corrected chi connectivity index (χ3v) is 6.27. The fourth-order valence-corrected chi connectivity index (χ4v) is 4.33. The Morgan fingerprint density at radius 3 is 2.58 bits per heavy atom. The number of hydrazone groups is 1. The molecule has 6 nitrogen and oxygen atoms in total. The van der Waals surface area contributed by atoms with E-state index in [1.807, 2.05) is 43.3 Å². The number of halogens is 1. The van der Waals surface area contributed by atoms with Gasteiger partial charge in [-0.3, -0.25) is 5.43 Å². The molecule has 0 atom stereocenters. The third-order valence-electron chi connectivity index (χ3n) is 4.70. The summed E-state index contributed by atoms with van der Waals surface area (Å²) in [5, 5.41) is 4.99. The third kappa shape index (κ3) is 5.47. The topological polar surface area (TPSA) is 72.8 Å². The van der Waals surface area contributed by atoms with E-state index in [2.05, 4.69) is 31.4 Å². The van der Waals surface area contributed by atoms with Gasteiger partial charge in [0.2, 0.25) is 5.13 Å². The van der Waals surface area contributed by atoms with Crippen LogP contribution in [0.25, 0.3) is 11.3 Å². The van der Waals surface area contributed by atoms with E-state index in [9.17, 15) is 4.79 Å². The Morgan fingerprint density at radius 2 is 1.82 bits per heavy atom. The Bertz CT molecular complexity index is 1310. The number of carbonyl (C=O) groups excluding carboxylic acids is 1. The van der Waals surface area contributed by atoms with Gasteiger partial charge in [0, 0.05) is 14.9 Å². The maximum absolute atomic E-state index is 12.5. The molecule has 3 aromatic carbocycles. The van der Waals surface area contributed by atoms with Gasteiger partial charge < -0.3 is 9.47 Å². The van der Waals surface area contributed by atoms with E-state index in [4.69, 9.17) is 9.47 Å². The van der Waals surface area contributed by atoms with E-state index >= 15 is 0 Å². The van der Waals surface area contributed by atoms with Crippen LogP contribution in [0.4, 0.5) is 5.13 Å². The Kier molecular flexibility index (Phi) is 7.16. The summed E-state index contributed by atoms with van der Waals surface area (Å²) in [7, 11) is 1.52. The lowest BCUT2D eigenvalue weighted by Gasteiger charge is -2.10. The van der Waals surface area contributed by atoms with Crippen LogP contribution >= 0.6 is 27.3 Å². The number of rotatable bonds is 7. The number of anilines is 1. The molecule has 0 radical (unpaired) electrons. The van der Waals surface area contributed by atoms with Gasteiger partial charge in [0.05, 0.1) is 24.6 Å². The van der Waals surface area contributed by atoms with E-state index in [0.29, 0.717) is 26.7 Å². The predicted molar refractivity (Wildman–Crippen MR) is 136 cm³/mol. The van der Waals surface area contributed by atoms with Crippen molar-refractivity contribution < 1.29 is 14.3 Å². The molecule has 0 fully saturated rings. The minimum absolute atomic E-state index is 0.325. The highest BCUT2D eigenvalue weighted by atomic mass is 79.9. The van der Waals surface area contributed by atoms with Crippen LogP contribution in [0.15, 0.2) is 82.4 Å². The lowest BCUT2D eigenvalue weighted by Crippen LogP contribution is -2.10. The van der Waals surface area contributed by atoms with Crippen molar-refractivity contribution in [2.24, 2.45) is 5.10 Å². The highest BCUT2D eigenvalue weighted by Gasteiger charge is 2.15. The van der Waals surface area contributed by atoms with Gasteiger partial charge in [-0.2, -0.15) is 5.10 Å². The van der Waals surface area contributed by atoms with Crippen molar-refractivity contribution in [1.29, 1.82) is 0 Å². The molecule has 0 aliphatic rings. The Hall–Kier alpha value is -3.49. The monoisotopic (exact) mass is 521 g/mol. The molecule has 4 aromatic rings. The van der Waals surface area contributed by atoms with Gasteiger partial charge in [0.15, 0.2) is 11.5 Å². The lowest BCUT2D eigenvalue weighted by molar-refractivity contribution is 0.0729. The van der Waals surface area contributed by atoms with Crippen molar-refractivity contribution in [3.63, 3.8) is 0 Å². The summed E-state index contributed by atoms with van der Waals surface area (Å²) in [6.07, 6.45) is 1.65. The predicted octanol–water partition coefficient (Wildman–Crippen LogP) is 6.55. The zero-order chi connectivity index (χ0) is 23.2. The molecule has 1 heterocycles. The first-order valence-electron chi connectivity index (χ1n) is 10.0. The van der Waals surface area contributed by atoms with Crippen molar-refractivity contribution in [3.8, 4) is 22.8 Å². The van der Waals surface area contributed by atoms with Crippen LogP contribution in [0, 0.1) is 6.92 Å². The van der Waals surface area contributed by atoms with Crippen molar-refractivity contribution >= 4 is 44.6 Å². The molecule has 1 aromatic heterocycles. The number of hydrogen-bond acceptors (Lipinski definition) is 7. The maximum atomic E-state index is 12.5. The smallest absolute Gasteiger partial charge is 0.344 e. The molecule has 0 amide bonds. The molecule has 0 spiro atoms. The molecule has 8 heteroatoms. The molecule has 0 saturated carbocycles. The number of carbonyl (C=O) groups is 1. The minimum Gasteiger partial charge on any atom is -0.493 e. The summed E-state index contributed by atoms with van der Waals surface area (Å²) in [4.78, 5) is 18.2. The van der Waals surface area contributed by atoms with Crippen molar-refractivity contribution in [3.05, 3.63) is 93.3 Å². The maximum Gasteiger partial charge on any atom is 0.344 e. The van der Waals surface area contributed by atoms with Gasteiger partial charge in [0.25, 0.3) is 0 Å². The number of thiazole rings is 1. The van der Waals surface area contributed by atoms with Crippen LogP contribution in [-0.4, -0.2) is 24.3 Å². The van der Waals surface area contributed by atoms with Crippen molar-refractivity contribution in [2.45, 2.75) is 6.92 Å². The number of ether oxygens (including phenoxy) is 2. The Labute approximate surface area is 204 Å². The van der Waals surface area contributed by atoms with Crippen LogP contribution < -0.4 is 14.9 Å². The van der Waals surface area contributed by atoms with Gasteiger partial charge in [-0.15, -0.1) is 11.3 Å². The van der Waals surface area contributed by atoms with Crippen LogP contribution in [0.2, 0.25) is 0 Å². The number of methoxy groups -OCH3 is 1. The second-order valence-corrected chi connectivity index (χ2v) is 9.00. The van der Waals surface area contributed by atoms with Crippen LogP contribution in [0.1, 0.15) is 20.8 Å². The highest BCUT2D eigenvalue weighted by molar-refractivity contribution is 9.10. The van der Waals surface area contributed by atoms with Gasteiger partial charge in [-0.25, -0.2) is 9.78 Å². The molecular weight excluding hydrogens is 502 g/mol. The second-order valence-electron chi connectivity index (χ2n) is 6.94. The number of benzene rings is 3. The van der Waals surface area contributed by atoms with E-state index in [1.165, 1.54) is 18.4 Å². The van der Waals surface area contributed by atoms with Gasteiger partial charge in [-0.1, -0.05) is 42.5 Å². The highest BCUT2D eigenvalue weighted by Crippen LogP contribution is 2.31. The first kappa shape index (κ1) is 22.7. The zero-order valence-corrected chi connectivity index (χ0v) is 20.3. The molecule has 0 unspecified atom stereocenters. The van der Waals surface area contributed by atoms with E-state index < -0.39 is 5.97 Å². The quantitative estimate of drug-likeness (QED) is 0.129. The number of nitrogens with one attached hydrogen (secondary N) is 1. The van der Waals surface area contributed by atoms with Crippen LogP contribution in [0.3, 0.4) is 0 Å². The fourth-order valence-electron chi connectivity index (χ4n) is 3.10. The number of hydrogen-bond donors (Lipinski definition) is 1. The summed E-state index contributed by atoms with van der Waals surface area (Å²) in [5.41, 5.74) is 6.20. The van der Waals surface area contributed by atoms with Gasteiger partial charge in [-0.05, 0) is 58.7 Å². The van der Waals surface area contributed by atoms with Crippen LogP contribution in [0.5, 0.6) is 11.5 Å². The Morgan fingerprint density at radius 1 is 1.06 bits per heavy atom. The second kappa shape index (κ2) is 10.4. The molecule has 166 valence electrons. The summed E-state index contributed by atoms with van der Waals surface area (Å²) in [6.45, 7) is 2.04. The van der Waals surface area contributed by atoms with Gasteiger partial charge >= 0.3 is 5.97 Å². The molecule has 0 aliphatic heterocycles.